The van der Waals surface area contributed by atoms with Gasteiger partial charge in [0, 0.05) is 22.7 Å². The number of esters is 1. The second-order valence-corrected chi connectivity index (χ2v) is 5.73. The number of hydrogen-bond donors (Lipinski definition) is 2. The average Bonchev–Trinajstić information content (AvgIpc) is 3.07. The number of rotatable bonds is 5. The van der Waals surface area contributed by atoms with Gasteiger partial charge in [0.05, 0.1) is 4.92 Å². The minimum atomic E-state index is -1.17. The quantitative estimate of drug-likeness (QED) is 0.405. The maximum absolute atomic E-state index is 13.3. The number of nitro groups is 1. The SMILES string of the molecule is C[C@H](OC(=O)c1cc2ccccc2[nH]1)C(=O)Nc1ccc(F)c([N+](=O)[O-])c1. The van der Waals surface area contributed by atoms with E-state index in [9.17, 15) is 24.1 Å². The molecule has 0 saturated carbocycles. The van der Waals surface area contributed by atoms with Gasteiger partial charge in [0.2, 0.25) is 5.82 Å². The lowest BCUT2D eigenvalue weighted by Gasteiger charge is -2.13. The summed E-state index contributed by atoms with van der Waals surface area (Å²) >= 11 is 0. The van der Waals surface area contributed by atoms with Gasteiger partial charge in [0.25, 0.3) is 5.91 Å². The van der Waals surface area contributed by atoms with E-state index in [0.29, 0.717) is 0 Å². The van der Waals surface area contributed by atoms with Gasteiger partial charge in [-0.05, 0) is 31.2 Å². The molecule has 0 radical (unpaired) electrons. The predicted octanol–water partition coefficient (Wildman–Crippen LogP) is 3.40. The van der Waals surface area contributed by atoms with Crippen LogP contribution in [0.15, 0.2) is 48.5 Å². The van der Waals surface area contributed by atoms with Crippen LogP contribution in [-0.4, -0.2) is 27.9 Å². The topological polar surface area (TPSA) is 114 Å². The Labute approximate surface area is 152 Å². The molecule has 0 aliphatic rings. The van der Waals surface area contributed by atoms with E-state index in [-0.39, 0.29) is 11.4 Å². The van der Waals surface area contributed by atoms with Crippen molar-refractivity contribution in [1.82, 2.24) is 4.98 Å². The predicted molar refractivity (Wildman–Crippen MR) is 94.9 cm³/mol. The van der Waals surface area contributed by atoms with Crippen LogP contribution in [0.5, 0.6) is 0 Å². The molecular weight excluding hydrogens is 357 g/mol. The van der Waals surface area contributed by atoms with E-state index in [1.54, 1.807) is 12.1 Å². The Bertz CT molecular complexity index is 1010. The zero-order valence-corrected chi connectivity index (χ0v) is 14.1. The molecule has 0 unspecified atom stereocenters. The van der Waals surface area contributed by atoms with Crippen LogP contribution in [0, 0.1) is 15.9 Å². The summed E-state index contributed by atoms with van der Waals surface area (Å²) in [6.07, 6.45) is -1.17. The number of anilines is 1. The third-order valence-electron chi connectivity index (χ3n) is 3.81. The van der Waals surface area contributed by atoms with Crippen LogP contribution in [0.1, 0.15) is 17.4 Å². The molecule has 1 atom stereocenters. The number of nitrogens with zero attached hydrogens (tertiary/aromatic N) is 1. The summed E-state index contributed by atoms with van der Waals surface area (Å²) < 4.78 is 18.4. The number of aromatic nitrogens is 1. The van der Waals surface area contributed by atoms with Crippen molar-refractivity contribution in [2.75, 3.05) is 5.32 Å². The summed E-state index contributed by atoms with van der Waals surface area (Å²) in [5, 5.41) is 13.9. The van der Waals surface area contributed by atoms with Gasteiger partial charge in [0.15, 0.2) is 6.10 Å². The number of ether oxygens (including phenoxy) is 1. The maximum atomic E-state index is 13.3. The fourth-order valence-corrected chi connectivity index (χ4v) is 2.44. The molecule has 0 spiro atoms. The van der Waals surface area contributed by atoms with Crippen molar-refractivity contribution >= 4 is 34.2 Å². The highest BCUT2D eigenvalue weighted by Crippen LogP contribution is 2.22. The molecule has 0 aliphatic carbocycles. The van der Waals surface area contributed by atoms with Crippen LogP contribution >= 0.6 is 0 Å². The normalized spacial score (nSPS) is 11.8. The van der Waals surface area contributed by atoms with Crippen molar-refractivity contribution in [3.8, 4) is 0 Å². The van der Waals surface area contributed by atoms with Crippen LogP contribution in [0.3, 0.4) is 0 Å². The lowest BCUT2D eigenvalue weighted by Crippen LogP contribution is -2.30. The molecule has 27 heavy (non-hydrogen) atoms. The number of H-pyrrole nitrogens is 1. The molecule has 0 aliphatic heterocycles. The molecule has 1 amide bonds. The van der Waals surface area contributed by atoms with Gasteiger partial charge in [0.1, 0.15) is 5.69 Å². The highest BCUT2D eigenvalue weighted by atomic mass is 19.1. The fourth-order valence-electron chi connectivity index (χ4n) is 2.44. The number of benzene rings is 2. The largest absolute Gasteiger partial charge is 0.448 e. The Morgan fingerprint density at radius 3 is 2.67 bits per heavy atom. The van der Waals surface area contributed by atoms with E-state index in [0.717, 1.165) is 23.0 Å². The van der Waals surface area contributed by atoms with Gasteiger partial charge in [-0.25, -0.2) is 4.79 Å². The number of amides is 1. The number of aromatic amines is 1. The molecule has 9 heteroatoms. The summed E-state index contributed by atoms with van der Waals surface area (Å²) in [6.45, 7) is 1.35. The third-order valence-corrected chi connectivity index (χ3v) is 3.81. The molecule has 3 rings (SSSR count). The Morgan fingerprint density at radius 1 is 1.22 bits per heavy atom. The first kappa shape index (κ1) is 18.1. The van der Waals surface area contributed by atoms with E-state index in [2.05, 4.69) is 10.3 Å². The fraction of sp³-hybridized carbons (Fsp3) is 0.111. The zero-order chi connectivity index (χ0) is 19.6. The molecule has 3 aromatic rings. The van der Waals surface area contributed by atoms with E-state index in [1.807, 2.05) is 18.2 Å². The number of para-hydroxylation sites is 1. The van der Waals surface area contributed by atoms with Gasteiger partial charge in [-0.3, -0.25) is 14.9 Å². The lowest BCUT2D eigenvalue weighted by atomic mass is 10.2. The molecule has 8 nitrogen and oxygen atoms in total. The first-order valence-electron chi connectivity index (χ1n) is 7.88. The van der Waals surface area contributed by atoms with Crippen molar-refractivity contribution in [1.29, 1.82) is 0 Å². The van der Waals surface area contributed by atoms with Crippen LogP contribution < -0.4 is 5.32 Å². The monoisotopic (exact) mass is 371 g/mol. The molecule has 2 aromatic carbocycles. The zero-order valence-electron chi connectivity index (χ0n) is 14.1. The highest BCUT2D eigenvalue weighted by Gasteiger charge is 2.22. The molecule has 2 N–H and O–H groups in total. The van der Waals surface area contributed by atoms with Gasteiger partial charge in [-0.15, -0.1) is 0 Å². The number of nitro benzene ring substituents is 1. The number of fused-ring (bicyclic) bond motifs is 1. The second kappa shape index (κ2) is 7.24. The smallest absolute Gasteiger partial charge is 0.355 e. The number of carbonyl (C=O) groups excluding carboxylic acids is 2. The van der Waals surface area contributed by atoms with E-state index in [1.165, 1.54) is 13.0 Å². The van der Waals surface area contributed by atoms with Crippen molar-refractivity contribution in [2.24, 2.45) is 0 Å². The average molecular weight is 371 g/mol. The third kappa shape index (κ3) is 3.92. The molecule has 0 fully saturated rings. The van der Waals surface area contributed by atoms with Crippen molar-refractivity contribution in [3.63, 3.8) is 0 Å². The molecule has 0 saturated heterocycles. The number of halogens is 1. The molecular formula is C18H14FN3O5. The first-order chi connectivity index (χ1) is 12.8. The minimum Gasteiger partial charge on any atom is -0.448 e. The highest BCUT2D eigenvalue weighted by molar-refractivity contribution is 5.99. The number of carbonyl (C=O) groups is 2. The first-order valence-corrected chi connectivity index (χ1v) is 7.88. The molecule has 1 heterocycles. The standard InChI is InChI=1S/C18H14FN3O5/c1-10(17(23)20-12-6-7-13(19)16(9-12)22(25)26)27-18(24)15-8-11-4-2-3-5-14(11)21-15/h2-10,21H,1H3,(H,20,23)/t10-/m0/s1. The van der Waals surface area contributed by atoms with Gasteiger partial charge in [-0.1, -0.05) is 18.2 Å². The summed E-state index contributed by atoms with van der Waals surface area (Å²) in [5.74, 6) is -2.45. The Hall–Kier alpha value is -3.75. The molecule has 138 valence electrons. The van der Waals surface area contributed by atoms with Crippen molar-refractivity contribution < 1.29 is 23.6 Å². The van der Waals surface area contributed by atoms with Gasteiger partial charge >= 0.3 is 11.7 Å². The van der Waals surface area contributed by atoms with Crippen LogP contribution in [0.4, 0.5) is 15.8 Å². The summed E-state index contributed by atoms with van der Waals surface area (Å²) in [6, 6.07) is 11.8. The second-order valence-electron chi connectivity index (χ2n) is 5.73. The van der Waals surface area contributed by atoms with Gasteiger partial charge in [-0.2, -0.15) is 4.39 Å². The van der Waals surface area contributed by atoms with Crippen molar-refractivity contribution in [3.05, 3.63) is 70.2 Å². The number of nitrogens with one attached hydrogen (secondary N) is 2. The summed E-state index contributed by atoms with van der Waals surface area (Å²) in [4.78, 5) is 37.1. The van der Waals surface area contributed by atoms with Gasteiger partial charge < -0.3 is 15.0 Å². The summed E-state index contributed by atoms with van der Waals surface area (Å²) in [5.41, 5.74) is 0.186. The van der Waals surface area contributed by atoms with E-state index < -0.39 is 34.4 Å². The minimum absolute atomic E-state index is 0.0154. The van der Waals surface area contributed by atoms with Crippen molar-refractivity contribution in [2.45, 2.75) is 13.0 Å². The molecule has 1 aromatic heterocycles. The Morgan fingerprint density at radius 2 is 1.96 bits per heavy atom. The summed E-state index contributed by atoms with van der Waals surface area (Å²) in [7, 11) is 0. The Balaban J connectivity index is 1.67. The van der Waals surface area contributed by atoms with E-state index >= 15 is 0 Å². The maximum Gasteiger partial charge on any atom is 0.355 e. The molecule has 0 bridgehead atoms. The number of hydrogen-bond acceptors (Lipinski definition) is 5. The lowest BCUT2D eigenvalue weighted by molar-refractivity contribution is -0.387. The van der Waals surface area contributed by atoms with Crippen LogP contribution in [0.2, 0.25) is 0 Å². The van der Waals surface area contributed by atoms with Crippen LogP contribution in [0.25, 0.3) is 10.9 Å². The van der Waals surface area contributed by atoms with E-state index in [4.69, 9.17) is 4.74 Å². The van der Waals surface area contributed by atoms with Crippen LogP contribution in [-0.2, 0) is 9.53 Å². The Kier molecular flexibility index (Phi) is 4.84.